The highest BCUT2D eigenvalue weighted by Gasteiger charge is 2.20. The Hall–Kier alpha value is -1.22. The van der Waals surface area contributed by atoms with Gasteiger partial charge in [-0.15, -0.1) is 0 Å². The topological polar surface area (TPSA) is 44.5 Å². The van der Waals surface area contributed by atoms with Gasteiger partial charge in [-0.25, -0.2) is 0 Å². The first-order valence-corrected chi connectivity index (χ1v) is 7.41. The summed E-state index contributed by atoms with van der Waals surface area (Å²) in [5, 5.41) is 0. The number of rotatable bonds is 6. The minimum absolute atomic E-state index is 0.0902. The molecule has 2 unspecified atom stereocenters. The van der Waals surface area contributed by atoms with Gasteiger partial charge in [-0.05, 0) is 30.0 Å². The third kappa shape index (κ3) is 3.41. The summed E-state index contributed by atoms with van der Waals surface area (Å²) in [4.78, 5) is 0. The number of hydrogen-bond donors (Lipinski definition) is 1. The van der Waals surface area contributed by atoms with Crippen molar-refractivity contribution < 1.29 is 9.47 Å². The van der Waals surface area contributed by atoms with E-state index >= 15 is 0 Å². The number of nitrogens with two attached hydrogens (primary N) is 1. The minimum Gasteiger partial charge on any atom is -0.486 e. The van der Waals surface area contributed by atoms with Crippen LogP contribution in [0, 0.1) is 5.92 Å². The third-order valence-corrected chi connectivity index (χ3v) is 3.91. The van der Waals surface area contributed by atoms with Crippen LogP contribution < -0.4 is 15.2 Å². The van der Waals surface area contributed by atoms with E-state index in [9.17, 15) is 0 Å². The molecule has 3 nitrogen and oxygen atoms in total. The molecule has 0 aliphatic carbocycles. The highest BCUT2D eigenvalue weighted by Crippen LogP contribution is 2.35. The van der Waals surface area contributed by atoms with Crippen LogP contribution in [0.4, 0.5) is 0 Å². The van der Waals surface area contributed by atoms with Crippen LogP contribution in [-0.2, 0) is 0 Å². The van der Waals surface area contributed by atoms with Crippen molar-refractivity contribution in [2.45, 2.75) is 45.6 Å². The van der Waals surface area contributed by atoms with Gasteiger partial charge >= 0.3 is 0 Å². The summed E-state index contributed by atoms with van der Waals surface area (Å²) in [6, 6.07) is 6.20. The second kappa shape index (κ2) is 6.80. The molecule has 0 radical (unpaired) electrons. The normalized spacial score (nSPS) is 17.0. The van der Waals surface area contributed by atoms with Crippen LogP contribution in [0.1, 0.15) is 51.1 Å². The fourth-order valence-corrected chi connectivity index (χ4v) is 2.64. The average molecular weight is 263 g/mol. The van der Waals surface area contributed by atoms with E-state index in [4.69, 9.17) is 15.2 Å². The molecule has 3 heteroatoms. The number of ether oxygens (including phenoxy) is 2. The highest BCUT2D eigenvalue weighted by atomic mass is 16.6. The Labute approximate surface area is 116 Å². The molecule has 2 N–H and O–H groups in total. The molecule has 0 fully saturated rings. The Morgan fingerprint density at radius 3 is 2.58 bits per heavy atom. The maximum Gasteiger partial charge on any atom is 0.161 e. The Morgan fingerprint density at radius 2 is 1.89 bits per heavy atom. The third-order valence-electron chi connectivity index (χ3n) is 3.91. The molecule has 0 amide bonds. The summed E-state index contributed by atoms with van der Waals surface area (Å²) in [6.45, 7) is 5.70. The SMILES string of the molecule is CCCCC(CC)C(N)c1ccc2c(c1)OCCO2. The van der Waals surface area contributed by atoms with E-state index in [1.807, 2.05) is 12.1 Å². The highest BCUT2D eigenvalue weighted by molar-refractivity contribution is 5.44. The average Bonchev–Trinajstić information content (AvgIpc) is 2.47. The van der Waals surface area contributed by atoms with Crippen molar-refractivity contribution in [2.24, 2.45) is 11.7 Å². The molecule has 1 aromatic rings. The Balaban J connectivity index is 2.11. The molecule has 0 saturated heterocycles. The lowest BCUT2D eigenvalue weighted by atomic mass is 9.87. The molecular weight excluding hydrogens is 238 g/mol. The van der Waals surface area contributed by atoms with Crippen LogP contribution in [0.2, 0.25) is 0 Å². The van der Waals surface area contributed by atoms with E-state index < -0.39 is 0 Å². The van der Waals surface area contributed by atoms with Crippen LogP contribution in [0.25, 0.3) is 0 Å². The van der Waals surface area contributed by atoms with Crippen molar-refractivity contribution in [2.75, 3.05) is 13.2 Å². The van der Waals surface area contributed by atoms with Gasteiger partial charge < -0.3 is 15.2 Å². The number of hydrogen-bond acceptors (Lipinski definition) is 3. The standard InChI is InChI=1S/C16H25NO2/c1-3-5-6-12(4-2)16(17)13-7-8-14-15(11-13)19-10-9-18-14/h7-8,11-12,16H,3-6,9-10,17H2,1-2H3. The first-order valence-electron chi connectivity index (χ1n) is 7.41. The van der Waals surface area contributed by atoms with E-state index in [-0.39, 0.29) is 6.04 Å². The molecule has 0 saturated carbocycles. The van der Waals surface area contributed by atoms with Gasteiger partial charge in [0.25, 0.3) is 0 Å². The molecule has 1 aliphatic rings. The van der Waals surface area contributed by atoms with Crippen molar-refractivity contribution in [1.82, 2.24) is 0 Å². The first-order chi connectivity index (χ1) is 9.26. The van der Waals surface area contributed by atoms with E-state index in [2.05, 4.69) is 19.9 Å². The molecule has 0 spiro atoms. The van der Waals surface area contributed by atoms with Crippen molar-refractivity contribution >= 4 is 0 Å². The van der Waals surface area contributed by atoms with Gasteiger partial charge in [0.15, 0.2) is 11.5 Å². The van der Waals surface area contributed by atoms with Gasteiger partial charge in [0, 0.05) is 6.04 Å². The second-order valence-electron chi connectivity index (χ2n) is 5.24. The minimum atomic E-state index is 0.0902. The summed E-state index contributed by atoms with van der Waals surface area (Å²) >= 11 is 0. The zero-order valence-electron chi connectivity index (χ0n) is 12.0. The summed E-state index contributed by atoms with van der Waals surface area (Å²) in [5.41, 5.74) is 7.59. The summed E-state index contributed by atoms with van der Waals surface area (Å²) in [7, 11) is 0. The number of fused-ring (bicyclic) bond motifs is 1. The summed E-state index contributed by atoms with van der Waals surface area (Å²) < 4.78 is 11.2. The molecule has 2 rings (SSSR count). The predicted octanol–water partition coefficient (Wildman–Crippen LogP) is 3.67. The fourth-order valence-electron chi connectivity index (χ4n) is 2.64. The Kier molecular flexibility index (Phi) is 5.08. The van der Waals surface area contributed by atoms with Crippen molar-refractivity contribution in [3.63, 3.8) is 0 Å². The quantitative estimate of drug-likeness (QED) is 0.851. The predicted molar refractivity (Wildman–Crippen MR) is 77.7 cm³/mol. The van der Waals surface area contributed by atoms with E-state index in [0.717, 1.165) is 23.5 Å². The largest absolute Gasteiger partial charge is 0.486 e. The Morgan fingerprint density at radius 1 is 1.16 bits per heavy atom. The molecular formula is C16H25NO2. The smallest absolute Gasteiger partial charge is 0.161 e. The molecule has 19 heavy (non-hydrogen) atoms. The lowest BCUT2D eigenvalue weighted by Gasteiger charge is -2.25. The van der Waals surface area contributed by atoms with Gasteiger partial charge in [-0.2, -0.15) is 0 Å². The van der Waals surface area contributed by atoms with Gasteiger partial charge in [-0.3, -0.25) is 0 Å². The Bertz CT molecular complexity index is 406. The molecule has 1 heterocycles. The summed E-state index contributed by atoms with van der Waals surface area (Å²) in [5.74, 6) is 2.22. The maximum absolute atomic E-state index is 6.43. The van der Waals surface area contributed by atoms with Crippen LogP contribution in [0.3, 0.4) is 0 Å². The lowest BCUT2D eigenvalue weighted by Crippen LogP contribution is -2.22. The van der Waals surface area contributed by atoms with Gasteiger partial charge in [0.1, 0.15) is 13.2 Å². The van der Waals surface area contributed by atoms with E-state index in [0.29, 0.717) is 19.1 Å². The van der Waals surface area contributed by atoms with Crippen LogP contribution in [-0.4, -0.2) is 13.2 Å². The van der Waals surface area contributed by atoms with Crippen molar-refractivity contribution in [3.05, 3.63) is 23.8 Å². The van der Waals surface area contributed by atoms with E-state index in [1.54, 1.807) is 0 Å². The molecule has 0 bridgehead atoms. The van der Waals surface area contributed by atoms with E-state index in [1.165, 1.54) is 19.3 Å². The summed E-state index contributed by atoms with van der Waals surface area (Å²) in [6.07, 6.45) is 4.79. The first kappa shape index (κ1) is 14.2. The van der Waals surface area contributed by atoms with Gasteiger partial charge in [-0.1, -0.05) is 39.2 Å². The number of unbranched alkanes of at least 4 members (excludes halogenated alkanes) is 1. The van der Waals surface area contributed by atoms with Crippen LogP contribution in [0.15, 0.2) is 18.2 Å². The molecule has 0 aromatic heterocycles. The van der Waals surface area contributed by atoms with Gasteiger partial charge in [0.05, 0.1) is 0 Å². The fraction of sp³-hybridized carbons (Fsp3) is 0.625. The zero-order valence-corrected chi connectivity index (χ0v) is 12.0. The maximum atomic E-state index is 6.43. The molecule has 1 aromatic carbocycles. The zero-order chi connectivity index (χ0) is 13.7. The molecule has 2 atom stereocenters. The molecule has 1 aliphatic heterocycles. The molecule has 106 valence electrons. The van der Waals surface area contributed by atoms with Crippen molar-refractivity contribution in [1.29, 1.82) is 0 Å². The van der Waals surface area contributed by atoms with Crippen molar-refractivity contribution in [3.8, 4) is 11.5 Å². The lowest BCUT2D eigenvalue weighted by molar-refractivity contribution is 0.171. The number of benzene rings is 1. The second-order valence-corrected chi connectivity index (χ2v) is 5.24. The van der Waals surface area contributed by atoms with Gasteiger partial charge in [0.2, 0.25) is 0 Å². The monoisotopic (exact) mass is 263 g/mol. The van der Waals surface area contributed by atoms with Crippen LogP contribution >= 0.6 is 0 Å². The van der Waals surface area contributed by atoms with Crippen LogP contribution in [0.5, 0.6) is 11.5 Å².